The maximum Gasteiger partial charge on any atom is 0.254 e. The second-order valence-corrected chi connectivity index (χ2v) is 5.10. The molecule has 0 spiro atoms. The van der Waals surface area contributed by atoms with Crippen molar-refractivity contribution in [3.63, 3.8) is 0 Å². The SMILES string of the molecule is CCC(CSC)N(C)C(=O)c1ccnc(Cl)c1. The number of hydrogen-bond donors (Lipinski definition) is 0. The van der Waals surface area contributed by atoms with Crippen LogP contribution >= 0.6 is 23.4 Å². The minimum atomic E-state index is -0.00444. The van der Waals surface area contributed by atoms with E-state index in [9.17, 15) is 4.79 Å². The highest BCUT2D eigenvalue weighted by molar-refractivity contribution is 7.98. The van der Waals surface area contributed by atoms with Crippen molar-refractivity contribution in [2.75, 3.05) is 19.1 Å². The first kappa shape index (κ1) is 14.3. The van der Waals surface area contributed by atoms with Crippen molar-refractivity contribution in [2.45, 2.75) is 19.4 Å². The van der Waals surface area contributed by atoms with E-state index in [2.05, 4.69) is 11.9 Å². The lowest BCUT2D eigenvalue weighted by Crippen LogP contribution is -2.38. The Morgan fingerprint density at radius 2 is 2.35 bits per heavy atom. The summed E-state index contributed by atoms with van der Waals surface area (Å²) in [5, 5.41) is 0.349. The maximum absolute atomic E-state index is 12.2. The Morgan fingerprint density at radius 3 is 2.88 bits per heavy atom. The molecule has 0 aliphatic rings. The van der Waals surface area contributed by atoms with Gasteiger partial charge in [0.2, 0.25) is 0 Å². The molecular formula is C12H17ClN2OS. The van der Waals surface area contributed by atoms with E-state index in [0.29, 0.717) is 10.7 Å². The van der Waals surface area contributed by atoms with Gasteiger partial charge in [-0.05, 0) is 24.8 Å². The smallest absolute Gasteiger partial charge is 0.254 e. The number of rotatable bonds is 5. The van der Waals surface area contributed by atoms with Gasteiger partial charge in [0.15, 0.2) is 0 Å². The highest BCUT2D eigenvalue weighted by Crippen LogP contribution is 2.14. The van der Waals surface area contributed by atoms with Gasteiger partial charge < -0.3 is 4.90 Å². The molecule has 1 aromatic rings. The fourth-order valence-electron chi connectivity index (χ4n) is 1.60. The molecule has 1 rings (SSSR count). The molecule has 0 N–H and O–H groups in total. The minimum absolute atomic E-state index is 0.00444. The van der Waals surface area contributed by atoms with Gasteiger partial charge in [0.25, 0.3) is 5.91 Å². The van der Waals surface area contributed by atoms with Crippen LogP contribution in [0.1, 0.15) is 23.7 Å². The molecule has 0 radical (unpaired) electrons. The van der Waals surface area contributed by atoms with E-state index < -0.39 is 0 Å². The normalized spacial score (nSPS) is 12.2. The molecular weight excluding hydrogens is 256 g/mol. The molecule has 0 fully saturated rings. The lowest BCUT2D eigenvalue weighted by atomic mass is 10.2. The molecule has 17 heavy (non-hydrogen) atoms. The fraction of sp³-hybridized carbons (Fsp3) is 0.500. The standard InChI is InChI=1S/C12H17ClN2OS/c1-4-10(8-17-3)15(2)12(16)9-5-6-14-11(13)7-9/h5-7,10H,4,8H2,1-3H3. The van der Waals surface area contributed by atoms with Crippen LogP contribution in [-0.4, -0.2) is 40.9 Å². The molecule has 3 nitrogen and oxygen atoms in total. The summed E-state index contributed by atoms with van der Waals surface area (Å²) in [7, 11) is 1.83. The minimum Gasteiger partial charge on any atom is -0.338 e. The molecule has 1 amide bonds. The molecule has 5 heteroatoms. The van der Waals surface area contributed by atoms with Gasteiger partial charge in [-0.15, -0.1) is 0 Å². The Morgan fingerprint density at radius 1 is 1.65 bits per heavy atom. The van der Waals surface area contributed by atoms with Gasteiger partial charge >= 0.3 is 0 Å². The molecule has 0 aromatic carbocycles. The molecule has 1 unspecified atom stereocenters. The van der Waals surface area contributed by atoms with Gasteiger partial charge in [-0.1, -0.05) is 18.5 Å². The third-order valence-electron chi connectivity index (χ3n) is 2.67. The molecule has 0 bridgehead atoms. The van der Waals surface area contributed by atoms with E-state index >= 15 is 0 Å². The average molecular weight is 273 g/mol. The van der Waals surface area contributed by atoms with E-state index in [1.165, 1.54) is 0 Å². The average Bonchev–Trinajstić information content (AvgIpc) is 2.34. The van der Waals surface area contributed by atoms with Crippen molar-refractivity contribution in [1.82, 2.24) is 9.88 Å². The zero-order valence-corrected chi connectivity index (χ0v) is 11.9. The summed E-state index contributed by atoms with van der Waals surface area (Å²) in [6.07, 6.45) is 4.55. The van der Waals surface area contributed by atoms with Crippen LogP contribution < -0.4 is 0 Å². The third-order valence-corrected chi connectivity index (χ3v) is 3.60. The zero-order valence-electron chi connectivity index (χ0n) is 10.3. The van der Waals surface area contributed by atoms with Crippen LogP contribution in [0, 0.1) is 0 Å². The second-order valence-electron chi connectivity index (χ2n) is 3.80. The van der Waals surface area contributed by atoms with Crippen LogP contribution in [-0.2, 0) is 0 Å². The lowest BCUT2D eigenvalue weighted by Gasteiger charge is -2.26. The van der Waals surface area contributed by atoms with Crippen molar-refractivity contribution in [2.24, 2.45) is 0 Å². The highest BCUT2D eigenvalue weighted by atomic mass is 35.5. The Kier molecular flexibility index (Phi) is 5.78. The van der Waals surface area contributed by atoms with Crippen LogP contribution in [0.25, 0.3) is 0 Å². The molecule has 1 heterocycles. The highest BCUT2D eigenvalue weighted by Gasteiger charge is 2.19. The quantitative estimate of drug-likeness (QED) is 0.773. The van der Waals surface area contributed by atoms with Crippen molar-refractivity contribution >= 4 is 29.3 Å². The number of hydrogen-bond acceptors (Lipinski definition) is 3. The van der Waals surface area contributed by atoms with E-state index in [-0.39, 0.29) is 11.9 Å². The summed E-state index contributed by atoms with van der Waals surface area (Å²) in [6.45, 7) is 2.09. The molecule has 0 aliphatic carbocycles. The largest absolute Gasteiger partial charge is 0.338 e. The molecule has 0 saturated carbocycles. The molecule has 0 aliphatic heterocycles. The lowest BCUT2D eigenvalue weighted by molar-refractivity contribution is 0.0743. The summed E-state index contributed by atoms with van der Waals surface area (Å²) in [5.41, 5.74) is 0.590. The van der Waals surface area contributed by atoms with Crippen LogP contribution in [0.2, 0.25) is 5.15 Å². The van der Waals surface area contributed by atoms with Gasteiger partial charge in [-0.2, -0.15) is 11.8 Å². The van der Waals surface area contributed by atoms with E-state index in [1.807, 2.05) is 13.3 Å². The monoisotopic (exact) mass is 272 g/mol. The first-order chi connectivity index (χ1) is 8.10. The van der Waals surface area contributed by atoms with Gasteiger partial charge in [-0.3, -0.25) is 4.79 Å². The number of carbonyl (C=O) groups is 1. The summed E-state index contributed by atoms with van der Waals surface area (Å²) in [6, 6.07) is 3.55. The molecule has 94 valence electrons. The van der Waals surface area contributed by atoms with Crippen LogP contribution in [0.4, 0.5) is 0 Å². The molecule has 1 aromatic heterocycles. The number of amides is 1. The van der Waals surface area contributed by atoms with Crippen molar-refractivity contribution in [3.05, 3.63) is 29.0 Å². The summed E-state index contributed by atoms with van der Waals surface area (Å²) < 4.78 is 0. The van der Waals surface area contributed by atoms with E-state index in [1.54, 1.807) is 35.0 Å². The summed E-state index contributed by atoms with van der Waals surface area (Å²) in [5.74, 6) is 0.938. The predicted molar refractivity (Wildman–Crippen MR) is 73.8 cm³/mol. The van der Waals surface area contributed by atoms with Crippen LogP contribution in [0.15, 0.2) is 18.3 Å². The summed E-state index contributed by atoms with van der Waals surface area (Å²) in [4.78, 5) is 17.9. The van der Waals surface area contributed by atoms with Crippen molar-refractivity contribution in [1.29, 1.82) is 0 Å². The number of aromatic nitrogens is 1. The van der Waals surface area contributed by atoms with E-state index in [4.69, 9.17) is 11.6 Å². The topological polar surface area (TPSA) is 33.2 Å². The van der Waals surface area contributed by atoms with Crippen LogP contribution in [0.3, 0.4) is 0 Å². The van der Waals surface area contributed by atoms with Crippen LogP contribution in [0.5, 0.6) is 0 Å². The zero-order chi connectivity index (χ0) is 12.8. The third kappa shape index (κ3) is 3.89. The first-order valence-electron chi connectivity index (χ1n) is 5.47. The number of thioether (sulfide) groups is 1. The Labute approximate surface area is 112 Å². The van der Waals surface area contributed by atoms with Gasteiger partial charge in [0.1, 0.15) is 5.15 Å². The van der Waals surface area contributed by atoms with Gasteiger partial charge in [-0.25, -0.2) is 4.98 Å². The Hall–Kier alpha value is -0.740. The summed E-state index contributed by atoms with van der Waals surface area (Å²) >= 11 is 7.53. The van der Waals surface area contributed by atoms with E-state index in [0.717, 1.165) is 12.2 Å². The second kappa shape index (κ2) is 6.87. The molecule has 0 saturated heterocycles. The number of nitrogens with zero attached hydrogens (tertiary/aromatic N) is 2. The Balaban J connectivity index is 2.81. The van der Waals surface area contributed by atoms with Crippen molar-refractivity contribution in [3.8, 4) is 0 Å². The molecule has 1 atom stereocenters. The first-order valence-corrected chi connectivity index (χ1v) is 7.25. The number of halogens is 1. The number of pyridine rings is 1. The van der Waals surface area contributed by atoms with Gasteiger partial charge in [0, 0.05) is 30.6 Å². The number of carbonyl (C=O) groups excluding carboxylic acids is 1. The van der Waals surface area contributed by atoms with Crippen molar-refractivity contribution < 1.29 is 4.79 Å². The predicted octanol–water partition coefficient (Wildman–Crippen LogP) is 2.95. The Bertz CT molecular complexity index is 387. The fourth-order valence-corrected chi connectivity index (χ4v) is 2.62. The van der Waals surface area contributed by atoms with Gasteiger partial charge in [0.05, 0.1) is 0 Å². The maximum atomic E-state index is 12.2.